The topological polar surface area (TPSA) is 103 Å². The van der Waals surface area contributed by atoms with Gasteiger partial charge in [-0.3, -0.25) is 9.59 Å². The second-order valence-corrected chi connectivity index (χ2v) is 10.9. The van der Waals surface area contributed by atoms with E-state index in [1.165, 1.54) is 0 Å². The Hall–Kier alpha value is -5.56. The van der Waals surface area contributed by atoms with Crippen LogP contribution in [0.2, 0.25) is 0 Å². The van der Waals surface area contributed by atoms with Crippen molar-refractivity contribution < 1.29 is 9.59 Å². The molecule has 0 fully saturated rings. The number of fused-ring (bicyclic) bond motifs is 1. The zero-order valence-electron chi connectivity index (χ0n) is 24.6. The van der Waals surface area contributed by atoms with E-state index in [1.54, 1.807) is 0 Å². The number of carbonyl (C=O) groups excluding carboxylic acids is 2. The number of nitrogens with two attached hydrogens (primary N) is 1. The van der Waals surface area contributed by atoms with E-state index in [0.717, 1.165) is 22.3 Å². The molecule has 218 valence electrons. The standard InChI is InChI=1S/C37H33N5O2/c1-25(27-15-7-3-8-16-27)39-33(43)24-31-23-32-34(35(40-31)36(38)44)26(2)41-42(32)37(28-17-9-4-10-18-28,29-19-11-5-12-20-29)30-21-13-6-14-22-30/h3-23,25H,24H2,1-2H3,(H2,38,44)(H,39,43)/t25-/m1/s1. The maximum Gasteiger partial charge on any atom is 0.268 e. The summed E-state index contributed by atoms with van der Waals surface area (Å²) in [7, 11) is 0. The lowest BCUT2D eigenvalue weighted by atomic mass is 9.77. The maximum absolute atomic E-state index is 13.3. The molecule has 0 aliphatic heterocycles. The Bertz CT molecular complexity index is 1820. The van der Waals surface area contributed by atoms with Gasteiger partial charge in [0.25, 0.3) is 5.91 Å². The SMILES string of the molecule is Cc1nn(C(c2ccccc2)(c2ccccc2)c2ccccc2)c2cc(CC(=O)N[C@H](C)c3ccccc3)nc(C(N)=O)c12. The minimum Gasteiger partial charge on any atom is -0.364 e. The van der Waals surface area contributed by atoms with Crippen LogP contribution in [0.1, 0.15) is 57.1 Å². The number of carbonyl (C=O) groups is 2. The Kier molecular flexibility index (Phi) is 7.77. The number of primary amides is 1. The van der Waals surface area contributed by atoms with E-state index in [4.69, 9.17) is 10.8 Å². The van der Waals surface area contributed by atoms with Crippen LogP contribution in [0.4, 0.5) is 0 Å². The van der Waals surface area contributed by atoms with Crippen LogP contribution >= 0.6 is 0 Å². The molecular formula is C37H33N5O2. The molecule has 2 aromatic heterocycles. The predicted molar refractivity (Wildman–Crippen MR) is 172 cm³/mol. The summed E-state index contributed by atoms with van der Waals surface area (Å²) in [5, 5.41) is 8.72. The van der Waals surface area contributed by atoms with Crippen molar-refractivity contribution in [2.45, 2.75) is 31.8 Å². The van der Waals surface area contributed by atoms with E-state index in [0.29, 0.717) is 22.3 Å². The number of pyridine rings is 1. The molecule has 7 nitrogen and oxygen atoms in total. The highest BCUT2D eigenvalue weighted by Gasteiger charge is 2.41. The number of benzene rings is 4. The van der Waals surface area contributed by atoms with E-state index >= 15 is 0 Å². The molecule has 0 radical (unpaired) electrons. The Morgan fingerprint density at radius 2 is 1.27 bits per heavy atom. The molecule has 0 aliphatic carbocycles. The third kappa shape index (κ3) is 5.13. The van der Waals surface area contributed by atoms with Crippen molar-refractivity contribution in [3.8, 4) is 0 Å². The number of aromatic nitrogens is 3. The van der Waals surface area contributed by atoms with Gasteiger partial charge in [-0.25, -0.2) is 9.67 Å². The molecule has 0 saturated carbocycles. The molecule has 4 aromatic carbocycles. The highest BCUT2D eigenvalue weighted by atomic mass is 16.2. The van der Waals surface area contributed by atoms with Gasteiger partial charge in [-0.05, 0) is 42.2 Å². The van der Waals surface area contributed by atoms with Crippen LogP contribution < -0.4 is 11.1 Å². The fourth-order valence-corrected chi connectivity index (χ4v) is 6.07. The van der Waals surface area contributed by atoms with Gasteiger partial charge in [-0.15, -0.1) is 0 Å². The molecule has 2 heterocycles. The van der Waals surface area contributed by atoms with Gasteiger partial charge in [0.1, 0.15) is 11.2 Å². The molecule has 6 aromatic rings. The number of hydrogen-bond acceptors (Lipinski definition) is 4. The van der Waals surface area contributed by atoms with Crippen molar-refractivity contribution >= 4 is 22.7 Å². The molecule has 7 heteroatoms. The summed E-state index contributed by atoms with van der Waals surface area (Å²) in [6, 6.07) is 41.9. The normalized spacial score (nSPS) is 12.1. The van der Waals surface area contributed by atoms with Crippen molar-refractivity contribution in [2.24, 2.45) is 5.73 Å². The Labute approximate surface area is 256 Å². The zero-order valence-corrected chi connectivity index (χ0v) is 24.6. The first kappa shape index (κ1) is 28.6. The summed E-state index contributed by atoms with van der Waals surface area (Å²) < 4.78 is 1.96. The lowest BCUT2D eigenvalue weighted by Gasteiger charge is -2.37. The first-order valence-corrected chi connectivity index (χ1v) is 14.6. The monoisotopic (exact) mass is 579 g/mol. The van der Waals surface area contributed by atoms with Gasteiger partial charge in [0.15, 0.2) is 0 Å². The summed E-state index contributed by atoms with van der Waals surface area (Å²) in [6.07, 6.45) is -0.0351. The van der Waals surface area contributed by atoms with E-state index in [-0.39, 0.29) is 24.1 Å². The average Bonchev–Trinajstić information content (AvgIpc) is 3.38. The minimum absolute atomic E-state index is 0.0351. The summed E-state index contributed by atoms with van der Waals surface area (Å²) in [4.78, 5) is 30.7. The second kappa shape index (κ2) is 12.0. The molecule has 0 bridgehead atoms. The van der Waals surface area contributed by atoms with E-state index in [1.807, 2.05) is 110 Å². The molecule has 44 heavy (non-hydrogen) atoms. The lowest BCUT2D eigenvalue weighted by molar-refractivity contribution is -0.121. The predicted octanol–water partition coefficient (Wildman–Crippen LogP) is 6.10. The first-order valence-electron chi connectivity index (χ1n) is 14.6. The van der Waals surface area contributed by atoms with Crippen LogP contribution in [-0.2, 0) is 16.8 Å². The zero-order chi connectivity index (χ0) is 30.7. The summed E-state index contributed by atoms with van der Waals surface area (Å²) >= 11 is 0. The minimum atomic E-state index is -0.923. The van der Waals surface area contributed by atoms with Crippen molar-refractivity contribution in [2.75, 3.05) is 0 Å². The van der Waals surface area contributed by atoms with Gasteiger partial charge >= 0.3 is 0 Å². The molecule has 6 rings (SSSR count). The molecule has 0 aliphatic rings. The van der Waals surface area contributed by atoms with Gasteiger partial charge in [-0.1, -0.05) is 121 Å². The second-order valence-electron chi connectivity index (χ2n) is 10.9. The van der Waals surface area contributed by atoms with Gasteiger partial charge < -0.3 is 11.1 Å². The van der Waals surface area contributed by atoms with Crippen molar-refractivity contribution in [3.63, 3.8) is 0 Å². The molecule has 1 atom stereocenters. The van der Waals surface area contributed by atoms with Crippen LogP contribution in [0.3, 0.4) is 0 Å². The number of hydrogen-bond donors (Lipinski definition) is 2. The van der Waals surface area contributed by atoms with Crippen LogP contribution in [0.25, 0.3) is 10.9 Å². The maximum atomic E-state index is 13.3. The molecule has 3 N–H and O–H groups in total. The van der Waals surface area contributed by atoms with Crippen LogP contribution in [0.5, 0.6) is 0 Å². The van der Waals surface area contributed by atoms with Gasteiger partial charge in [0.2, 0.25) is 5.91 Å². The summed E-state index contributed by atoms with van der Waals surface area (Å²) in [5.41, 5.74) is 10.7. The third-order valence-corrected chi connectivity index (χ3v) is 8.04. The van der Waals surface area contributed by atoms with Crippen molar-refractivity contribution in [1.82, 2.24) is 20.1 Å². The molecule has 0 saturated heterocycles. The van der Waals surface area contributed by atoms with E-state index in [9.17, 15) is 9.59 Å². The number of rotatable bonds is 9. The fraction of sp³-hybridized carbons (Fsp3) is 0.135. The Morgan fingerprint density at radius 3 is 1.75 bits per heavy atom. The van der Waals surface area contributed by atoms with Gasteiger partial charge in [0.05, 0.1) is 34.8 Å². The number of aryl methyl sites for hydroxylation is 1. The summed E-state index contributed by atoms with van der Waals surface area (Å²) in [5.74, 6) is -0.894. The van der Waals surface area contributed by atoms with Gasteiger partial charge in [-0.2, -0.15) is 5.10 Å². The fourth-order valence-electron chi connectivity index (χ4n) is 6.07. The lowest BCUT2D eigenvalue weighted by Crippen LogP contribution is -2.38. The third-order valence-electron chi connectivity index (χ3n) is 8.04. The number of amides is 2. The van der Waals surface area contributed by atoms with E-state index < -0.39 is 11.4 Å². The molecule has 0 unspecified atom stereocenters. The van der Waals surface area contributed by atoms with Crippen molar-refractivity contribution in [1.29, 1.82) is 0 Å². The Balaban J connectivity index is 1.58. The molecule has 0 spiro atoms. The van der Waals surface area contributed by atoms with Crippen molar-refractivity contribution in [3.05, 3.63) is 167 Å². The highest BCUT2D eigenvalue weighted by Crippen LogP contribution is 2.43. The highest BCUT2D eigenvalue weighted by molar-refractivity contribution is 6.05. The quantitative estimate of drug-likeness (QED) is 0.202. The van der Waals surface area contributed by atoms with Crippen LogP contribution in [0, 0.1) is 6.92 Å². The van der Waals surface area contributed by atoms with Crippen LogP contribution in [-0.4, -0.2) is 26.6 Å². The number of nitrogens with zero attached hydrogens (tertiary/aromatic N) is 3. The molecule has 2 amide bonds. The first-order chi connectivity index (χ1) is 21.4. The smallest absolute Gasteiger partial charge is 0.268 e. The summed E-state index contributed by atoms with van der Waals surface area (Å²) in [6.45, 7) is 3.79. The largest absolute Gasteiger partial charge is 0.364 e. The van der Waals surface area contributed by atoms with Gasteiger partial charge in [0, 0.05) is 0 Å². The molecular weight excluding hydrogens is 546 g/mol. The average molecular weight is 580 g/mol. The van der Waals surface area contributed by atoms with Crippen LogP contribution in [0.15, 0.2) is 127 Å². The van der Waals surface area contributed by atoms with E-state index in [2.05, 4.69) is 46.7 Å². The Morgan fingerprint density at radius 1 is 0.795 bits per heavy atom. The number of nitrogens with one attached hydrogen (secondary N) is 1.